The predicted molar refractivity (Wildman–Crippen MR) is 51.1 cm³/mol. The van der Waals surface area contributed by atoms with Gasteiger partial charge in [-0.1, -0.05) is 26.7 Å². The fourth-order valence-corrected chi connectivity index (χ4v) is 1.30. The van der Waals surface area contributed by atoms with Crippen LogP contribution in [0.3, 0.4) is 0 Å². The van der Waals surface area contributed by atoms with E-state index in [4.69, 9.17) is 1.37 Å². The first-order chi connectivity index (χ1) is 6.29. The molecule has 0 aliphatic heterocycles. The van der Waals surface area contributed by atoms with Crippen molar-refractivity contribution in [1.29, 1.82) is 0 Å². The summed E-state index contributed by atoms with van der Waals surface area (Å²) in [6.07, 6.45) is 6.82. The Hall–Kier alpha value is -0.790. The van der Waals surface area contributed by atoms with Gasteiger partial charge in [-0.15, -0.1) is 0 Å². The first kappa shape index (κ1) is 7.84. The Balaban J connectivity index is 2.57. The highest BCUT2D eigenvalue weighted by Gasteiger charge is 1.97. The van der Waals surface area contributed by atoms with Crippen LogP contribution in [-0.4, -0.2) is 9.55 Å². The fourth-order valence-electron chi connectivity index (χ4n) is 1.30. The molecule has 1 aromatic rings. The van der Waals surface area contributed by atoms with Crippen LogP contribution in [0.4, 0.5) is 0 Å². The van der Waals surface area contributed by atoms with Crippen molar-refractivity contribution in [2.24, 2.45) is 0 Å². The van der Waals surface area contributed by atoms with Gasteiger partial charge in [-0.25, -0.2) is 4.98 Å². The molecule has 1 rings (SSSR count). The van der Waals surface area contributed by atoms with E-state index in [1.807, 2.05) is 10.8 Å². The first-order valence-corrected chi connectivity index (χ1v) is 4.80. The second-order valence-electron chi connectivity index (χ2n) is 3.06. The molecular weight excluding hydrogens is 148 g/mol. The van der Waals surface area contributed by atoms with Crippen LogP contribution in [0.25, 0.3) is 0 Å². The molecule has 0 saturated carbocycles. The molecule has 0 fully saturated rings. The zero-order valence-electron chi connectivity index (χ0n) is 9.01. The maximum Gasteiger partial charge on any atom is 0.104 e. The van der Waals surface area contributed by atoms with E-state index in [0.29, 0.717) is 6.30 Å². The number of aromatic nitrogens is 2. The Bertz CT molecular complexity index is 255. The van der Waals surface area contributed by atoms with Gasteiger partial charge in [0.05, 0.1) is 6.30 Å². The lowest BCUT2D eigenvalue weighted by molar-refractivity contribution is 0.586. The third-order valence-corrected chi connectivity index (χ3v) is 2.09. The summed E-state index contributed by atoms with van der Waals surface area (Å²) in [4.78, 5) is 4.00. The van der Waals surface area contributed by atoms with Gasteiger partial charge in [0.15, 0.2) is 0 Å². The van der Waals surface area contributed by atoms with Crippen LogP contribution < -0.4 is 0 Å². The molecule has 2 nitrogen and oxygen atoms in total. The molecule has 0 aliphatic rings. The van der Waals surface area contributed by atoms with Crippen molar-refractivity contribution in [3.8, 4) is 0 Å². The van der Waals surface area contributed by atoms with E-state index in [-0.39, 0.29) is 0 Å². The van der Waals surface area contributed by atoms with Crippen LogP contribution in [0.2, 0.25) is 0 Å². The number of hydrogen-bond donors (Lipinski definition) is 0. The van der Waals surface area contributed by atoms with Crippen LogP contribution in [0.15, 0.2) is 12.5 Å². The third-order valence-electron chi connectivity index (χ3n) is 2.09. The molecule has 0 saturated heterocycles. The van der Waals surface area contributed by atoms with Gasteiger partial charge in [-0.2, -0.15) is 0 Å². The number of unbranched alkanes of at least 4 members (excludes halogenated alkanes) is 2. The standard InChI is InChI=1S/C10H18N2/c1-3-5-6-7-12-9-11-8-10(12)4-2/h8-9H,3-7H2,1-2H3/i9D. The second kappa shape index (κ2) is 4.96. The summed E-state index contributed by atoms with van der Waals surface area (Å²) in [5.41, 5.74) is 1.18. The zero-order valence-corrected chi connectivity index (χ0v) is 8.01. The van der Waals surface area contributed by atoms with Crippen molar-refractivity contribution in [3.63, 3.8) is 0 Å². The SMILES string of the molecule is [2H]c1ncc(CC)n1CCCCC. The molecule has 0 amide bonds. The van der Waals surface area contributed by atoms with Gasteiger partial charge in [-0.05, 0) is 12.8 Å². The van der Waals surface area contributed by atoms with Crippen molar-refractivity contribution in [3.05, 3.63) is 18.2 Å². The first-order valence-electron chi connectivity index (χ1n) is 5.30. The maximum absolute atomic E-state index is 7.58. The number of hydrogen-bond acceptors (Lipinski definition) is 1. The Morgan fingerprint density at radius 2 is 2.33 bits per heavy atom. The number of nitrogens with zero attached hydrogens (tertiary/aromatic N) is 2. The van der Waals surface area contributed by atoms with Gasteiger partial charge in [0.25, 0.3) is 0 Å². The van der Waals surface area contributed by atoms with Crippen molar-refractivity contribution in [2.75, 3.05) is 0 Å². The maximum atomic E-state index is 7.58. The van der Waals surface area contributed by atoms with E-state index in [0.717, 1.165) is 19.4 Å². The summed E-state index contributed by atoms with van der Waals surface area (Å²) in [5, 5.41) is 0. The lowest BCUT2D eigenvalue weighted by Crippen LogP contribution is -2.00. The van der Waals surface area contributed by atoms with Gasteiger partial charge in [-0.3, -0.25) is 0 Å². The molecule has 0 atom stereocenters. The number of imidazole rings is 1. The summed E-state index contributed by atoms with van der Waals surface area (Å²) in [6, 6.07) is 0. The van der Waals surface area contributed by atoms with Gasteiger partial charge in [0.1, 0.15) is 1.37 Å². The molecule has 2 heteroatoms. The molecule has 1 aromatic heterocycles. The van der Waals surface area contributed by atoms with Crippen molar-refractivity contribution in [2.45, 2.75) is 46.1 Å². The molecule has 68 valence electrons. The highest BCUT2D eigenvalue weighted by molar-refractivity contribution is 4.97. The molecule has 12 heavy (non-hydrogen) atoms. The summed E-state index contributed by atoms with van der Waals surface area (Å²) < 4.78 is 9.59. The monoisotopic (exact) mass is 167 g/mol. The minimum absolute atomic E-state index is 0.410. The number of aryl methyl sites for hydroxylation is 1. The Labute approximate surface area is 76.0 Å². The Morgan fingerprint density at radius 3 is 3.00 bits per heavy atom. The van der Waals surface area contributed by atoms with Gasteiger partial charge >= 0.3 is 0 Å². The molecule has 0 radical (unpaired) electrons. The van der Waals surface area contributed by atoms with E-state index in [9.17, 15) is 0 Å². The Kier molecular flexibility index (Phi) is 3.24. The third kappa shape index (κ3) is 2.36. The molecule has 1 heterocycles. The largest absolute Gasteiger partial charge is 0.335 e. The topological polar surface area (TPSA) is 17.8 Å². The summed E-state index contributed by atoms with van der Waals surface area (Å²) in [6.45, 7) is 5.25. The summed E-state index contributed by atoms with van der Waals surface area (Å²) in [5.74, 6) is 0. The molecule has 0 N–H and O–H groups in total. The molecule has 0 unspecified atom stereocenters. The minimum Gasteiger partial charge on any atom is -0.335 e. The second-order valence-corrected chi connectivity index (χ2v) is 3.06. The van der Waals surface area contributed by atoms with E-state index >= 15 is 0 Å². The molecule has 0 spiro atoms. The predicted octanol–water partition coefficient (Wildman–Crippen LogP) is 2.64. The molecule has 0 aromatic carbocycles. The summed E-state index contributed by atoms with van der Waals surface area (Å²) >= 11 is 0. The van der Waals surface area contributed by atoms with Crippen molar-refractivity contribution >= 4 is 0 Å². The van der Waals surface area contributed by atoms with Crippen molar-refractivity contribution < 1.29 is 1.37 Å². The van der Waals surface area contributed by atoms with Gasteiger partial charge in [0, 0.05) is 18.4 Å². The lowest BCUT2D eigenvalue weighted by Gasteiger charge is -2.04. The summed E-state index contributed by atoms with van der Waals surface area (Å²) in [7, 11) is 0. The van der Waals surface area contributed by atoms with E-state index < -0.39 is 0 Å². The van der Waals surface area contributed by atoms with Crippen LogP contribution >= 0.6 is 0 Å². The van der Waals surface area contributed by atoms with Crippen LogP contribution in [-0.2, 0) is 13.0 Å². The lowest BCUT2D eigenvalue weighted by atomic mass is 10.2. The normalized spacial score (nSPS) is 11.7. The zero-order chi connectivity index (χ0) is 9.68. The molecule has 0 aliphatic carbocycles. The highest BCUT2D eigenvalue weighted by atomic mass is 15.0. The smallest absolute Gasteiger partial charge is 0.104 e. The van der Waals surface area contributed by atoms with Crippen molar-refractivity contribution in [1.82, 2.24) is 9.55 Å². The average Bonchev–Trinajstić information content (AvgIpc) is 2.48. The van der Waals surface area contributed by atoms with Crippen LogP contribution in [0.1, 0.15) is 40.2 Å². The Morgan fingerprint density at radius 1 is 1.50 bits per heavy atom. The minimum atomic E-state index is 0.410. The highest BCUT2D eigenvalue weighted by Crippen LogP contribution is 2.03. The quantitative estimate of drug-likeness (QED) is 0.616. The van der Waals surface area contributed by atoms with E-state index in [1.54, 1.807) is 0 Å². The van der Waals surface area contributed by atoms with Crippen LogP contribution in [0.5, 0.6) is 0 Å². The number of rotatable bonds is 5. The van der Waals surface area contributed by atoms with E-state index in [2.05, 4.69) is 18.8 Å². The van der Waals surface area contributed by atoms with Gasteiger partial charge < -0.3 is 4.57 Å². The average molecular weight is 167 g/mol. The van der Waals surface area contributed by atoms with Crippen LogP contribution in [0, 0.1) is 0 Å². The fraction of sp³-hybridized carbons (Fsp3) is 0.700. The van der Waals surface area contributed by atoms with E-state index in [1.165, 1.54) is 18.5 Å². The van der Waals surface area contributed by atoms with Gasteiger partial charge in [0.2, 0.25) is 0 Å². The molecular formula is C10H18N2. The molecule has 0 bridgehead atoms.